The maximum atomic E-state index is 12.7. The number of carbonyl (C=O) groups is 1. The number of carbonyl (C=O) groups excluding carboxylic acids is 1. The third-order valence-corrected chi connectivity index (χ3v) is 5.37. The Bertz CT molecular complexity index is 1060. The molecule has 152 valence electrons. The molecule has 0 saturated carbocycles. The smallest absolute Gasteiger partial charge is 0.414 e. The molecule has 2 aromatic carbocycles. The van der Waals surface area contributed by atoms with Gasteiger partial charge in [-0.2, -0.15) is 5.10 Å². The Balaban J connectivity index is 1.79. The van der Waals surface area contributed by atoms with Crippen LogP contribution in [-0.4, -0.2) is 39.0 Å². The van der Waals surface area contributed by atoms with Gasteiger partial charge in [0.2, 0.25) is 0 Å². The number of hydrogen-bond acceptors (Lipinski definition) is 4. The second-order valence-electron chi connectivity index (χ2n) is 8.32. The summed E-state index contributed by atoms with van der Waals surface area (Å²) in [6, 6.07) is 11.6. The summed E-state index contributed by atoms with van der Waals surface area (Å²) in [4.78, 5) is 14.3. The van der Waals surface area contributed by atoms with E-state index < -0.39 is 11.7 Å². The SMILES string of the molecule is CC(C)(C)OC(=O)N1CC(CCl)c2c1cc(O)c1c2cnn1Cc1ccccc1. The third kappa shape index (κ3) is 3.65. The number of amides is 1. The van der Waals surface area contributed by atoms with Crippen LogP contribution in [0.3, 0.4) is 0 Å². The predicted molar refractivity (Wildman–Crippen MR) is 114 cm³/mol. The molecule has 29 heavy (non-hydrogen) atoms. The van der Waals surface area contributed by atoms with Crippen molar-refractivity contribution in [1.29, 1.82) is 0 Å². The van der Waals surface area contributed by atoms with Crippen LogP contribution in [0, 0.1) is 0 Å². The van der Waals surface area contributed by atoms with Gasteiger partial charge in [-0.3, -0.25) is 9.58 Å². The van der Waals surface area contributed by atoms with Crippen molar-refractivity contribution in [3.8, 4) is 5.75 Å². The van der Waals surface area contributed by atoms with E-state index in [4.69, 9.17) is 16.3 Å². The topological polar surface area (TPSA) is 67.6 Å². The maximum Gasteiger partial charge on any atom is 0.414 e. The van der Waals surface area contributed by atoms with E-state index in [1.807, 2.05) is 51.1 Å². The fourth-order valence-electron chi connectivity index (χ4n) is 3.82. The normalized spacial score (nSPS) is 16.3. The monoisotopic (exact) mass is 413 g/mol. The Kier molecular flexibility index (Phi) is 4.90. The molecule has 1 unspecified atom stereocenters. The first-order valence-electron chi connectivity index (χ1n) is 9.60. The summed E-state index contributed by atoms with van der Waals surface area (Å²) in [5.74, 6) is 0.378. The van der Waals surface area contributed by atoms with Gasteiger partial charge in [-0.05, 0) is 31.9 Å². The van der Waals surface area contributed by atoms with Crippen molar-refractivity contribution in [2.75, 3.05) is 17.3 Å². The van der Waals surface area contributed by atoms with Crippen molar-refractivity contribution >= 4 is 34.3 Å². The van der Waals surface area contributed by atoms with Gasteiger partial charge in [0.15, 0.2) is 0 Å². The van der Waals surface area contributed by atoms with Gasteiger partial charge in [0, 0.05) is 29.8 Å². The number of ether oxygens (including phenoxy) is 1. The third-order valence-electron chi connectivity index (χ3n) is 5.00. The van der Waals surface area contributed by atoms with Crippen LogP contribution in [-0.2, 0) is 11.3 Å². The number of halogens is 1. The Morgan fingerprint density at radius 2 is 2.03 bits per heavy atom. The minimum absolute atomic E-state index is 0.0586. The zero-order valence-corrected chi connectivity index (χ0v) is 17.5. The molecular weight excluding hydrogens is 390 g/mol. The van der Waals surface area contributed by atoms with Gasteiger partial charge in [-0.15, -0.1) is 11.6 Å². The highest BCUT2D eigenvalue weighted by Crippen LogP contribution is 2.45. The van der Waals surface area contributed by atoms with E-state index in [9.17, 15) is 9.90 Å². The first kappa shape index (κ1) is 19.6. The number of phenols is 1. The molecule has 0 saturated heterocycles. The average molecular weight is 414 g/mol. The van der Waals surface area contributed by atoms with Crippen LogP contribution in [0.5, 0.6) is 5.75 Å². The summed E-state index contributed by atoms with van der Waals surface area (Å²) in [5.41, 5.74) is 2.69. The standard InChI is InChI=1S/C22H24ClN3O3/c1-22(2,3)29-21(28)25-13-15(10-23)19-16-11-24-26(12-14-7-5-4-6-8-14)20(16)18(27)9-17(19)25/h4-9,11,15,27H,10,12-13H2,1-3H3. The van der Waals surface area contributed by atoms with E-state index in [0.717, 1.165) is 16.5 Å². The zero-order chi connectivity index (χ0) is 20.8. The molecule has 3 aromatic rings. The van der Waals surface area contributed by atoms with Crippen molar-refractivity contribution in [2.24, 2.45) is 0 Å². The summed E-state index contributed by atoms with van der Waals surface area (Å²) in [6.45, 7) is 6.44. The molecule has 0 fully saturated rings. The largest absolute Gasteiger partial charge is 0.506 e. The number of nitrogens with zero attached hydrogens (tertiary/aromatic N) is 3. The first-order valence-corrected chi connectivity index (χ1v) is 10.1. The highest BCUT2D eigenvalue weighted by atomic mass is 35.5. The molecule has 0 aliphatic carbocycles. The predicted octanol–water partition coefficient (Wildman–Crippen LogP) is 4.87. The van der Waals surface area contributed by atoms with E-state index >= 15 is 0 Å². The van der Waals surface area contributed by atoms with Crippen molar-refractivity contribution in [2.45, 2.75) is 38.8 Å². The fraction of sp³-hybridized carbons (Fsp3) is 0.364. The molecule has 1 atom stereocenters. The molecule has 1 N–H and O–H groups in total. The van der Waals surface area contributed by atoms with E-state index in [1.165, 1.54) is 0 Å². The van der Waals surface area contributed by atoms with E-state index in [2.05, 4.69) is 5.10 Å². The second-order valence-corrected chi connectivity index (χ2v) is 8.63. The fourth-order valence-corrected chi connectivity index (χ4v) is 4.07. The van der Waals surface area contributed by atoms with Crippen LogP contribution >= 0.6 is 11.6 Å². The first-order chi connectivity index (χ1) is 13.8. The van der Waals surface area contributed by atoms with Crippen LogP contribution in [0.2, 0.25) is 0 Å². The molecule has 1 amide bonds. The Labute approximate surface area is 174 Å². The lowest BCUT2D eigenvalue weighted by Gasteiger charge is -2.25. The summed E-state index contributed by atoms with van der Waals surface area (Å²) in [7, 11) is 0. The van der Waals surface area contributed by atoms with Crippen molar-refractivity contribution in [1.82, 2.24) is 9.78 Å². The molecule has 2 heterocycles. The van der Waals surface area contributed by atoms with Gasteiger partial charge in [0.1, 0.15) is 16.9 Å². The number of fused-ring (bicyclic) bond motifs is 3. The van der Waals surface area contributed by atoms with Crippen LogP contribution < -0.4 is 4.90 Å². The lowest BCUT2D eigenvalue weighted by atomic mass is 9.99. The number of rotatable bonds is 3. The van der Waals surface area contributed by atoms with Crippen LogP contribution in [0.25, 0.3) is 10.9 Å². The van der Waals surface area contributed by atoms with E-state index in [1.54, 1.807) is 21.8 Å². The van der Waals surface area contributed by atoms with Gasteiger partial charge in [-0.1, -0.05) is 30.3 Å². The minimum atomic E-state index is -0.608. The molecule has 1 aliphatic rings. The van der Waals surface area contributed by atoms with Gasteiger partial charge < -0.3 is 9.84 Å². The minimum Gasteiger partial charge on any atom is -0.506 e. The number of alkyl halides is 1. The number of phenolic OH excluding ortho intramolecular Hbond substituents is 1. The number of hydrogen-bond donors (Lipinski definition) is 1. The van der Waals surface area contributed by atoms with Crippen LogP contribution in [0.4, 0.5) is 10.5 Å². The van der Waals surface area contributed by atoms with E-state index in [-0.39, 0.29) is 11.7 Å². The quantitative estimate of drug-likeness (QED) is 0.622. The van der Waals surface area contributed by atoms with Crippen LogP contribution in [0.1, 0.15) is 37.8 Å². The van der Waals surface area contributed by atoms with Crippen molar-refractivity contribution in [3.63, 3.8) is 0 Å². The number of benzene rings is 2. The summed E-state index contributed by atoms with van der Waals surface area (Å²) in [6.07, 6.45) is 1.30. The molecular formula is C22H24ClN3O3. The second kappa shape index (κ2) is 7.26. The Morgan fingerprint density at radius 3 is 2.69 bits per heavy atom. The molecule has 1 aliphatic heterocycles. The summed E-state index contributed by atoms with van der Waals surface area (Å²) >= 11 is 6.25. The van der Waals surface area contributed by atoms with E-state index in [0.29, 0.717) is 30.2 Å². The van der Waals surface area contributed by atoms with Crippen molar-refractivity contribution < 1.29 is 14.6 Å². The lowest BCUT2D eigenvalue weighted by Crippen LogP contribution is -2.36. The summed E-state index contributed by atoms with van der Waals surface area (Å²) in [5, 5.41) is 16.1. The van der Waals surface area contributed by atoms with Crippen molar-refractivity contribution in [3.05, 3.63) is 53.7 Å². The molecule has 6 nitrogen and oxygen atoms in total. The Hall–Kier alpha value is -2.73. The molecule has 0 bridgehead atoms. The number of aromatic nitrogens is 2. The lowest BCUT2D eigenvalue weighted by molar-refractivity contribution is 0.0582. The highest BCUT2D eigenvalue weighted by molar-refractivity contribution is 6.19. The Morgan fingerprint density at radius 1 is 1.31 bits per heavy atom. The summed E-state index contributed by atoms with van der Waals surface area (Å²) < 4.78 is 7.33. The number of aromatic hydroxyl groups is 1. The van der Waals surface area contributed by atoms with Gasteiger partial charge in [0.05, 0.1) is 18.4 Å². The van der Waals surface area contributed by atoms with Gasteiger partial charge in [-0.25, -0.2) is 4.79 Å². The van der Waals surface area contributed by atoms with Gasteiger partial charge >= 0.3 is 6.09 Å². The van der Waals surface area contributed by atoms with Crippen LogP contribution in [0.15, 0.2) is 42.6 Å². The maximum absolute atomic E-state index is 12.7. The average Bonchev–Trinajstić information content (AvgIpc) is 3.23. The molecule has 7 heteroatoms. The molecule has 4 rings (SSSR count). The zero-order valence-electron chi connectivity index (χ0n) is 16.7. The molecule has 1 aromatic heterocycles. The highest BCUT2D eigenvalue weighted by Gasteiger charge is 2.37. The van der Waals surface area contributed by atoms with Gasteiger partial charge in [0.25, 0.3) is 0 Å². The molecule has 0 spiro atoms. The molecule has 0 radical (unpaired) electrons. The number of anilines is 1.